The van der Waals surface area contributed by atoms with Crippen molar-refractivity contribution in [2.24, 2.45) is 20.5 Å². The van der Waals surface area contributed by atoms with Crippen molar-refractivity contribution in [3.8, 4) is 0 Å². The van der Waals surface area contributed by atoms with Gasteiger partial charge in [-0.25, -0.2) is 9.59 Å². The lowest BCUT2D eigenvalue weighted by molar-refractivity contribution is 0.0686. The van der Waals surface area contributed by atoms with Crippen molar-refractivity contribution >= 4 is 67.1 Å². The molecule has 0 radical (unpaired) electrons. The highest BCUT2D eigenvalue weighted by Crippen LogP contribution is 2.30. The Hall–Kier alpha value is -5.42. The lowest BCUT2D eigenvalue weighted by Gasteiger charge is -2.06. The molecule has 4 rings (SSSR count). The summed E-state index contributed by atoms with van der Waals surface area (Å²) >= 11 is 0. The molecule has 0 spiro atoms. The largest absolute Gasteiger partial charge is 0.478 e. The standard InChI is InChI=1S/C30H24N4O10S2/c1-17-9-21(29(35)36)13-25(11-17)33-31-23-7-5-19(27(15-23)45(39,40)41)3-4-20-6-8-24(16-28(20)46(42,43)44)32-34-26-12-18(2)10-22(14-26)30(37)38/h3-16H,1-2H3,(H,35,36)(H,37,38)(H,39,40,41)(H,42,43,44)/b4-3+,33-31?,34-32?. The summed E-state index contributed by atoms with van der Waals surface area (Å²) in [6, 6.07) is 15.9. The van der Waals surface area contributed by atoms with Crippen LogP contribution < -0.4 is 0 Å². The van der Waals surface area contributed by atoms with E-state index in [1.54, 1.807) is 26.0 Å². The lowest BCUT2D eigenvalue weighted by Crippen LogP contribution is -2.01. The molecule has 0 aromatic heterocycles. The Bertz CT molecular complexity index is 2040. The van der Waals surface area contributed by atoms with Gasteiger partial charge in [-0.2, -0.15) is 37.3 Å². The number of azo groups is 2. The van der Waals surface area contributed by atoms with Crippen molar-refractivity contribution in [3.63, 3.8) is 0 Å². The monoisotopic (exact) mass is 664 g/mol. The summed E-state index contributed by atoms with van der Waals surface area (Å²) in [6.07, 6.45) is 2.38. The van der Waals surface area contributed by atoms with Gasteiger partial charge in [0.15, 0.2) is 0 Å². The minimum Gasteiger partial charge on any atom is -0.478 e. The quantitative estimate of drug-likeness (QED) is 0.0756. The summed E-state index contributed by atoms with van der Waals surface area (Å²) in [7, 11) is -9.64. The van der Waals surface area contributed by atoms with Gasteiger partial charge < -0.3 is 10.2 Å². The number of nitrogens with zero attached hydrogens (tertiary/aromatic N) is 4. The third kappa shape index (κ3) is 8.60. The molecule has 46 heavy (non-hydrogen) atoms. The van der Waals surface area contributed by atoms with Crippen LogP contribution in [0, 0.1) is 13.8 Å². The Balaban J connectivity index is 1.67. The first-order valence-corrected chi connectivity index (χ1v) is 15.8. The number of rotatable bonds is 10. The van der Waals surface area contributed by atoms with Crippen molar-refractivity contribution in [1.82, 2.24) is 0 Å². The zero-order valence-electron chi connectivity index (χ0n) is 23.9. The molecule has 0 atom stereocenters. The van der Waals surface area contributed by atoms with Crippen LogP contribution in [0.25, 0.3) is 12.2 Å². The summed E-state index contributed by atoms with van der Waals surface area (Å²) in [5.74, 6) is -2.33. The van der Waals surface area contributed by atoms with Gasteiger partial charge in [0, 0.05) is 0 Å². The van der Waals surface area contributed by atoms with Gasteiger partial charge in [0.25, 0.3) is 20.2 Å². The van der Waals surface area contributed by atoms with Crippen LogP contribution in [-0.2, 0) is 20.2 Å². The van der Waals surface area contributed by atoms with Crippen LogP contribution in [0.15, 0.2) is 103 Å². The summed E-state index contributed by atoms with van der Waals surface area (Å²) in [5.41, 5.74) is 1.43. The van der Waals surface area contributed by atoms with E-state index in [0.29, 0.717) is 11.1 Å². The van der Waals surface area contributed by atoms with E-state index in [2.05, 4.69) is 20.5 Å². The summed E-state index contributed by atoms with van der Waals surface area (Å²) in [6.45, 7) is 3.33. The molecule has 14 nitrogen and oxygen atoms in total. The van der Waals surface area contributed by atoms with E-state index in [-0.39, 0.29) is 45.0 Å². The Labute approximate surface area is 262 Å². The van der Waals surface area contributed by atoms with Gasteiger partial charge in [0.1, 0.15) is 9.79 Å². The molecule has 0 aliphatic carbocycles. The third-order valence-electron chi connectivity index (χ3n) is 6.17. The topological polar surface area (TPSA) is 233 Å². The number of benzene rings is 4. The lowest BCUT2D eigenvalue weighted by atomic mass is 10.1. The molecule has 0 unspecified atom stereocenters. The fourth-order valence-corrected chi connectivity index (χ4v) is 5.60. The maximum atomic E-state index is 12.2. The number of aromatic carboxylic acids is 2. The number of carboxylic acid groups (broad SMARTS) is 2. The first-order chi connectivity index (χ1) is 21.5. The number of carbonyl (C=O) groups is 2. The smallest absolute Gasteiger partial charge is 0.335 e. The van der Waals surface area contributed by atoms with Gasteiger partial charge in [-0.05, 0) is 96.8 Å². The predicted octanol–water partition coefficient (Wildman–Crippen LogP) is 7.19. The maximum absolute atomic E-state index is 12.2. The molecule has 0 saturated heterocycles. The van der Waals surface area contributed by atoms with E-state index < -0.39 is 42.0 Å². The van der Waals surface area contributed by atoms with Gasteiger partial charge in [-0.1, -0.05) is 24.3 Å². The van der Waals surface area contributed by atoms with Gasteiger partial charge >= 0.3 is 11.9 Å². The molecule has 0 heterocycles. The average Bonchev–Trinajstić information content (AvgIpc) is 2.96. The Morgan fingerprint density at radius 3 is 1.22 bits per heavy atom. The fourth-order valence-electron chi connectivity index (χ4n) is 4.19. The molecule has 16 heteroatoms. The highest BCUT2D eigenvalue weighted by Gasteiger charge is 2.18. The number of aryl methyl sites for hydroxylation is 2. The molecule has 0 bridgehead atoms. The Kier molecular flexibility index (Phi) is 9.67. The number of carboxylic acids is 2. The molecule has 236 valence electrons. The Morgan fingerprint density at radius 2 is 0.891 bits per heavy atom. The van der Waals surface area contributed by atoms with Gasteiger partial charge in [0.05, 0.1) is 33.9 Å². The molecule has 0 aliphatic rings. The third-order valence-corrected chi connectivity index (χ3v) is 7.99. The SMILES string of the molecule is Cc1cc(N=Nc2ccc(/C=C/c3ccc(N=Nc4cc(C)cc(C(=O)O)c4)cc3S(=O)(=O)O)c(S(=O)(=O)O)c2)cc(C(=O)O)c1. The first-order valence-electron chi connectivity index (χ1n) is 12.9. The molecule has 0 amide bonds. The van der Waals surface area contributed by atoms with E-state index in [1.807, 2.05) is 0 Å². The summed E-state index contributed by atoms with van der Waals surface area (Å²) in [4.78, 5) is 21.4. The van der Waals surface area contributed by atoms with E-state index in [0.717, 1.165) is 12.1 Å². The van der Waals surface area contributed by atoms with Crippen LogP contribution >= 0.6 is 0 Å². The van der Waals surface area contributed by atoms with Crippen molar-refractivity contribution in [2.75, 3.05) is 0 Å². The van der Waals surface area contributed by atoms with Crippen LogP contribution in [0.4, 0.5) is 22.7 Å². The second-order valence-corrected chi connectivity index (χ2v) is 12.6. The normalized spacial score (nSPS) is 12.3. The van der Waals surface area contributed by atoms with Crippen molar-refractivity contribution in [2.45, 2.75) is 23.6 Å². The van der Waals surface area contributed by atoms with Crippen LogP contribution in [0.5, 0.6) is 0 Å². The highest BCUT2D eigenvalue weighted by atomic mass is 32.2. The molecular formula is C30H24N4O10S2. The second kappa shape index (κ2) is 13.3. The van der Waals surface area contributed by atoms with Gasteiger partial charge in [-0.3, -0.25) is 9.11 Å². The van der Waals surface area contributed by atoms with E-state index in [9.17, 15) is 45.7 Å². The summed E-state index contributed by atoms with van der Waals surface area (Å²) in [5, 5.41) is 34.3. The fraction of sp³-hybridized carbons (Fsp3) is 0.0667. The first kappa shape index (κ1) is 33.5. The van der Waals surface area contributed by atoms with E-state index >= 15 is 0 Å². The maximum Gasteiger partial charge on any atom is 0.335 e. The van der Waals surface area contributed by atoms with Gasteiger partial charge in [0.2, 0.25) is 0 Å². The Morgan fingerprint density at radius 1 is 0.543 bits per heavy atom. The number of hydrogen-bond acceptors (Lipinski definition) is 10. The predicted molar refractivity (Wildman–Crippen MR) is 166 cm³/mol. The van der Waals surface area contributed by atoms with Crippen molar-refractivity contribution in [3.05, 3.63) is 106 Å². The van der Waals surface area contributed by atoms with Crippen LogP contribution in [0.1, 0.15) is 43.0 Å². The molecule has 0 aliphatic heterocycles. The molecule has 0 saturated carbocycles. The molecule has 4 aromatic rings. The molecule has 4 N–H and O–H groups in total. The second-order valence-electron chi connectivity index (χ2n) is 9.85. The van der Waals surface area contributed by atoms with Crippen LogP contribution in [0.3, 0.4) is 0 Å². The van der Waals surface area contributed by atoms with Crippen LogP contribution in [0.2, 0.25) is 0 Å². The summed E-state index contributed by atoms with van der Waals surface area (Å²) < 4.78 is 68.5. The minimum absolute atomic E-state index is 0.000538. The molecular weight excluding hydrogens is 640 g/mol. The van der Waals surface area contributed by atoms with E-state index in [1.165, 1.54) is 60.7 Å². The average molecular weight is 665 g/mol. The van der Waals surface area contributed by atoms with Gasteiger partial charge in [-0.15, -0.1) is 0 Å². The molecule has 0 fully saturated rings. The highest BCUT2D eigenvalue weighted by molar-refractivity contribution is 7.86. The van der Waals surface area contributed by atoms with Crippen molar-refractivity contribution in [1.29, 1.82) is 0 Å². The minimum atomic E-state index is -4.82. The molecule has 4 aromatic carbocycles. The zero-order chi connectivity index (χ0) is 33.8. The van der Waals surface area contributed by atoms with Crippen molar-refractivity contribution < 1.29 is 45.7 Å². The number of hydrogen-bond donors (Lipinski definition) is 4. The zero-order valence-corrected chi connectivity index (χ0v) is 25.6. The van der Waals surface area contributed by atoms with Crippen LogP contribution in [-0.4, -0.2) is 48.1 Å². The van der Waals surface area contributed by atoms with E-state index in [4.69, 9.17) is 0 Å².